The van der Waals surface area contributed by atoms with Crippen molar-refractivity contribution < 1.29 is 14.1 Å². The lowest BCUT2D eigenvalue weighted by Gasteiger charge is -2.38. The van der Waals surface area contributed by atoms with E-state index in [4.69, 9.17) is 20.9 Å². The van der Waals surface area contributed by atoms with Gasteiger partial charge in [-0.1, -0.05) is 0 Å². The lowest BCUT2D eigenvalue weighted by atomic mass is 9.81. The van der Waals surface area contributed by atoms with Crippen molar-refractivity contribution in [2.24, 2.45) is 0 Å². The third kappa shape index (κ3) is 4.32. The Morgan fingerprint density at radius 1 is 1.17 bits per heavy atom. The van der Waals surface area contributed by atoms with Crippen LogP contribution in [0.2, 0.25) is 0 Å². The van der Waals surface area contributed by atoms with Gasteiger partial charge < -0.3 is 19.1 Å². The van der Waals surface area contributed by atoms with Crippen LogP contribution in [-0.4, -0.2) is 70.1 Å². The molecule has 0 aromatic carbocycles. The zero-order valence-electron chi connectivity index (χ0n) is 18.4. The van der Waals surface area contributed by atoms with E-state index in [9.17, 15) is 4.79 Å². The van der Waals surface area contributed by atoms with Gasteiger partial charge in [0, 0.05) is 43.0 Å². The van der Waals surface area contributed by atoms with Gasteiger partial charge in [-0.15, -0.1) is 11.6 Å². The molecule has 1 aromatic rings. The topological polar surface area (TPSA) is 67.8 Å². The fourth-order valence-corrected chi connectivity index (χ4v) is 4.34. The molecule has 3 aliphatic rings. The van der Waals surface area contributed by atoms with E-state index in [1.165, 1.54) is 0 Å². The number of amides is 1. The van der Waals surface area contributed by atoms with E-state index in [1.807, 2.05) is 45.0 Å². The van der Waals surface area contributed by atoms with Crippen molar-refractivity contribution >= 4 is 36.0 Å². The summed E-state index contributed by atoms with van der Waals surface area (Å²) in [5.74, 6) is 0.773. The minimum absolute atomic E-state index is 0.0224. The highest BCUT2D eigenvalue weighted by molar-refractivity contribution is 6.61. The van der Waals surface area contributed by atoms with Gasteiger partial charge in [-0.05, 0) is 59.8 Å². The molecule has 0 radical (unpaired) electrons. The summed E-state index contributed by atoms with van der Waals surface area (Å²) in [6, 6.07) is 0.611. The summed E-state index contributed by atoms with van der Waals surface area (Å²) in [6.45, 7) is 9.69. The number of halogens is 1. The third-order valence-corrected chi connectivity index (χ3v) is 7.13. The second kappa shape index (κ2) is 8.28. The van der Waals surface area contributed by atoms with E-state index < -0.39 is 18.3 Å². The summed E-state index contributed by atoms with van der Waals surface area (Å²) < 4.78 is 12.2. The highest BCUT2D eigenvalue weighted by atomic mass is 35.5. The van der Waals surface area contributed by atoms with Crippen molar-refractivity contribution in [3.8, 4) is 0 Å². The largest absolute Gasteiger partial charge is 0.498 e. The SMILES string of the molecule is CC1(C)OB(c2cnc(N(CC3CCCCN3C(=O)CCl)C3CC3)nc2)OC1(C)C. The van der Waals surface area contributed by atoms with Crippen molar-refractivity contribution in [2.75, 3.05) is 23.9 Å². The number of rotatable bonds is 6. The standard InChI is InChI=1S/C21H32BClN4O3/c1-20(2)21(3,4)30-22(29-20)15-12-24-19(25-13-15)27(16-8-9-16)14-17-7-5-6-10-26(17)18(28)11-23/h12-13,16-17H,5-11,14H2,1-4H3. The minimum Gasteiger partial charge on any atom is -0.399 e. The Bertz CT molecular complexity index is 756. The molecule has 1 unspecified atom stereocenters. The van der Waals surface area contributed by atoms with Gasteiger partial charge in [-0.3, -0.25) is 4.79 Å². The molecule has 0 spiro atoms. The van der Waals surface area contributed by atoms with Gasteiger partial charge in [0.15, 0.2) is 0 Å². The van der Waals surface area contributed by atoms with Gasteiger partial charge in [0.1, 0.15) is 5.88 Å². The first-order valence-corrected chi connectivity index (χ1v) is 11.5. The molecule has 2 aliphatic heterocycles. The van der Waals surface area contributed by atoms with Crippen molar-refractivity contribution in [1.29, 1.82) is 0 Å². The molecule has 2 saturated heterocycles. The molecule has 3 heterocycles. The van der Waals surface area contributed by atoms with E-state index in [-0.39, 0.29) is 17.8 Å². The van der Waals surface area contributed by atoms with Crippen LogP contribution >= 0.6 is 11.6 Å². The molecule has 1 atom stereocenters. The maximum Gasteiger partial charge on any atom is 0.498 e. The van der Waals surface area contributed by atoms with Crippen molar-refractivity contribution in [2.45, 2.75) is 83.1 Å². The first-order valence-electron chi connectivity index (χ1n) is 11.0. The van der Waals surface area contributed by atoms with Gasteiger partial charge in [0.2, 0.25) is 11.9 Å². The number of piperidine rings is 1. The molecule has 1 aliphatic carbocycles. The number of nitrogens with zero attached hydrogens (tertiary/aromatic N) is 4. The molecule has 164 valence electrons. The van der Waals surface area contributed by atoms with E-state index in [0.29, 0.717) is 12.0 Å². The fraction of sp³-hybridized carbons (Fsp3) is 0.762. The number of aromatic nitrogens is 2. The molecule has 9 heteroatoms. The molecule has 0 bridgehead atoms. The first-order chi connectivity index (χ1) is 14.2. The Morgan fingerprint density at radius 2 is 1.80 bits per heavy atom. The summed E-state index contributed by atoms with van der Waals surface area (Å²) in [5.41, 5.74) is 0.0377. The lowest BCUT2D eigenvalue weighted by Crippen LogP contribution is -2.51. The van der Waals surface area contributed by atoms with Crippen LogP contribution in [-0.2, 0) is 14.1 Å². The number of alkyl halides is 1. The average Bonchev–Trinajstić information content (AvgIpc) is 3.53. The molecule has 3 fully saturated rings. The Morgan fingerprint density at radius 3 is 2.37 bits per heavy atom. The van der Waals surface area contributed by atoms with Crippen LogP contribution in [0.4, 0.5) is 5.95 Å². The number of carbonyl (C=O) groups excluding carboxylic acids is 1. The molecule has 4 rings (SSSR count). The van der Waals surface area contributed by atoms with Gasteiger partial charge in [0.05, 0.1) is 11.2 Å². The molecule has 1 aromatic heterocycles. The summed E-state index contributed by atoms with van der Waals surface area (Å²) in [4.78, 5) is 25.8. The maximum absolute atomic E-state index is 12.3. The predicted molar refractivity (Wildman–Crippen MR) is 118 cm³/mol. The summed E-state index contributed by atoms with van der Waals surface area (Å²) in [6.07, 6.45) is 9.07. The van der Waals surface area contributed by atoms with E-state index in [0.717, 1.165) is 50.7 Å². The maximum atomic E-state index is 12.3. The quantitative estimate of drug-likeness (QED) is 0.506. The normalized spacial score (nSPS) is 25.4. The second-order valence-corrected chi connectivity index (χ2v) is 9.93. The second-order valence-electron chi connectivity index (χ2n) is 9.66. The highest BCUT2D eigenvalue weighted by Crippen LogP contribution is 2.36. The van der Waals surface area contributed by atoms with Crippen molar-refractivity contribution in [1.82, 2.24) is 14.9 Å². The molecular weight excluding hydrogens is 403 g/mol. The van der Waals surface area contributed by atoms with Crippen LogP contribution in [0.25, 0.3) is 0 Å². The van der Waals surface area contributed by atoms with E-state index in [1.54, 1.807) is 0 Å². The first kappa shape index (κ1) is 21.8. The van der Waals surface area contributed by atoms with Crippen molar-refractivity contribution in [3.63, 3.8) is 0 Å². The Hall–Kier alpha value is -1.38. The van der Waals surface area contributed by atoms with Gasteiger partial charge in [0.25, 0.3) is 0 Å². The summed E-state index contributed by atoms with van der Waals surface area (Å²) in [5, 5.41) is 0. The zero-order valence-corrected chi connectivity index (χ0v) is 19.2. The number of likely N-dealkylation sites (tertiary alicyclic amines) is 1. The minimum atomic E-state index is -0.464. The number of hydrogen-bond donors (Lipinski definition) is 0. The average molecular weight is 435 g/mol. The summed E-state index contributed by atoms with van der Waals surface area (Å²) in [7, 11) is -0.464. The number of carbonyl (C=O) groups is 1. The van der Waals surface area contributed by atoms with Crippen LogP contribution in [0.5, 0.6) is 0 Å². The third-order valence-electron chi connectivity index (χ3n) is 6.90. The number of hydrogen-bond acceptors (Lipinski definition) is 6. The van der Waals surface area contributed by atoms with Crippen molar-refractivity contribution in [3.05, 3.63) is 12.4 Å². The highest BCUT2D eigenvalue weighted by Gasteiger charge is 2.52. The number of anilines is 1. The molecule has 30 heavy (non-hydrogen) atoms. The van der Waals surface area contributed by atoms with E-state index >= 15 is 0 Å². The monoisotopic (exact) mass is 434 g/mol. The zero-order chi connectivity index (χ0) is 21.5. The molecule has 1 amide bonds. The molecular formula is C21H32BClN4O3. The molecule has 0 N–H and O–H groups in total. The van der Waals surface area contributed by atoms with Crippen LogP contribution < -0.4 is 10.4 Å². The van der Waals surface area contributed by atoms with Gasteiger partial charge in [-0.25, -0.2) is 9.97 Å². The van der Waals surface area contributed by atoms with E-state index in [2.05, 4.69) is 14.9 Å². The predicted octanol–water partition coefficient (Wildman–Crippen LogP) is 2.36. The summed E-state index contributed by atoms with van der Waals surface area (Å²) >= 11 is 5.85. The van der Waals surface area contributed by atoms with Crippen LogP contribution in [0.15, 0.2) is 12.4 Å². The molecule has 7 nitrogen and oxygen atoms in total. The van der Waals surface area contributed by atoms with Crippen LogP contribution in [0.1, 0.15) is 59.8 Å². The Labute approximate surface area is 184 Å². The fourth-order valence-electron chi connectivity index (χ4n) is 4.18. The van der Waals surface area contributed by atoms with Gasteiger partial charge >= 0.3 is 7.12 Å². The van der Waals surface area contributed by atoms with Crippen LogP contribution in [0, 0.1) is 0 Å². The Balaban J connectivity index is 1.48. The smallest absolute Gasteiger partial charge is 0.399 e. The molecule has 1 saturated carbocycles. The Kier molecular flexibility index (Phi) is 6.03. The van der Waals surface area contributed by atoms with Crippen LogP contribution in [0.3, 0.4) is 0 Å². The van der Waals surface area contributed by atoms with Gasteiger partial charge in [-0.2, -0.15) is 0 Å². The lowest BCUT2D eigenvalue weighted by molar-refractivity contribution is -0.131.